The van der Waals surface area contributed by atoms with Crippen LogP contribution in [0.1, 0.15) is 80.6 Å². The van der Waals surface area contributed by atoms with Crippen molar-refractivity contribution in [1.82, 2.24) is 56.4 Å². The minimum atomic E-state index is -2.78. The number of primary amides is 1. The number of alkyl carbamates (subject to hydrolysis) is 1. The van der Waals surface area contributed by atoms with E-state index in [9.17, 15) is 57.0 Å². The van der Waals surface area contributed by atoms with Gasteiger partial charge < -0.3 is 76.1 Å². The Bertz CT molecular complexity index is 3690. The summed E-state index contributed by atoms with van der Waals surface area (Å²) < 4.78 is 60.5. The molecule has 6 aromatic rings. The molecule has 10 N–H and O–H groups in total. The number of aromatic nitrogens is 5. The summed E-state index contributed by atoms with van der Waals surface area (Å²) in [6.45, 7) is 6.73. The first-order valence-electron chi connectivity index (χ1n) is 31.3. The number of rotatable bonds is 41. The number of urea groups is 1. The number of amides is 9. The van der Waals surface area contributed by atoms with Gasteiger partial charge in [0, 0.05) is 49.2 Å². The Morgan fingerprint density at radius 1 is 0.691 bits per heavy atom. The predicted octanol–water partition coefficient (Wildman–Crippen LogP) is 4.97. The monoisotopic (exact) mass is 1350 g/mol. The Morgan fingerprint density at radius 3 is 2.06 bits per heavy atom. The molecule has 0 radical (unpaired) electrons. The smallest absolute Gasteiger partial charge is 0.407 e. The Hall–Kier alpha value is -10.4. The van der Waals surface area contributed by atoms with Crippen LogP contribution in [0.2, 0.25) is 0 Å². The fourth-order valence-corrected chi connectivity index (χ4v) is 9.61. The number of ether oxygens (including phenoxy) is 6. The summed E-state index contributed by atoms with van der Waals surface area (Å²) in [6.07, 6.45) is -0.0725. The summed E-state index contributed by atoms with van der Waals surface area (Å²) in [5.41, 5.74) is 10.7. The van der Waals surface area contributed by atoms with Crippen LogP contribution in [0.3, 0.4) is 0 Å². The molecule has 97 heavy (non-hydrogen) atoms. The Morgan fingerprint density at radius 2 is 1.38 bits per heavy atom. The molecule has 0 spiro atoms. The van der Waals surface area contributed by atoms with Gasteiger partial charge in [0.05, 0.1) is 94.6 Å². The summed E-state index contributed by atoms with van der Waals surface area (Å²) >= 11 is 0. The number of benzene rings is 3. The zero-order chi connectivity index (χ0) is 69.6. The highest BCUT2D eigenvalue weighted by Gasteiger charge is 2.32. The molecule has 0 fully saturated rings. The lowest BCUT2D eigenvalue weighted by Gasteiger charge is -2.27. The van der Waals surface area contributed by atoms with E-state index in [-0.39, 0.29) is 140 Å². The zero-order valence-electron chi connectivity index (χ0n) is 53.8. The lowest BCUT2D eigenvalue weighted by atomic mass is 10.0. The first kappa shape index (κ1) is 74.0. The highest BCUT2D eigenvalue weighted by atomic mass is 19.3. The molecule has 3 aromatic heterocycles. The fraction of sp³-hybridized carbons (Fsp3) is 0.409. The second-order valence-electron chi connectivity index (χ2n) is 22.3. The summed E-state index contributed by atoms with van der Waals surface area (Å²) in [5, 5.41) is 25.0. The van der Waals surface area contributed by atoms with E-state index in [1.165, 1.54) is 30.5 Å². The lowest BCUT2D eigenvalue weighted by Crippen LogP contribution is -2.58. The molecule has 4 heterocycles. The quantitative estimate of drug-likeness (QED) is 0.0181. The van der Waals surface area contributed by atoms with Crippen LogP contribution in [-0.2, 0) is 70.3 Å². The number of pyridine rings is 1. The van der Waals surface area contributed by atoms with Crippen LogP contribution in [0.25, 0.3) is 33.7 Å². The third kappa shape index (κ3) is 24.4. The molecule has 9 amide bonds. The third-order valence-corrected chi connectivity index (χ3v) is 14.7. The number of halogens is 2. The number of carboxylic acid groups (broad SMARTS) is 1. The van der Waals surface area contributed by atoms with Crippen LogP contribution in [0, 0.1) is 12.8 Å². The van der Waals surface area contributed by atoms with Gasteiger partial charge in [0.15, 0.2) is 0 Å². The molecule has 7 rings (SSSR count). The number of alkyl halides is 2. The van der Waals surface area contributed by atoms with E-state index in [0.717, 1.165) is 16.0 Å². The molecule has 0 saturated heterocycles. The maximum atomic E-state index is 14.0. The maximum absolute atomic E-state index is 14.0. The number of hydrogen-bond donors (Lipinski definition) is 9. The molecule has 1 aliphatic rings. The molecule has 0 saturated carbocycles. The number of imide groups is 1. The van der Waals surface area contributed by atoms with Crippen molar-refractivity contribution >= 4 is 70.3 Å². The van der Waals surface area contributed by atoms with Crippen LogP contribution in [0.15, 0.2) is 103 Å². The van der Waals surface area contributed by atoms with E-state index in [2.05, 4.69) is 51.8 Å². The number of imidazole rings is 1. The minimum absolute atomic E-state index is 0.000296. The molecular formula is C66H79F2N13O16. The van der Waals surface area contributed by atoms with Crippen molar-refractivity contribution < 1.29 is 85.5 Å². The third-order valence-electron chi connectivity index (χ3n) is 14.7. The fourth-order valence-electron chi connectivity index (χ4n) is 9.61. The van der Waals surface area contributed by atoms with Crippen molar-refractivity contribution in [1.29, 1.82) is 0 Å². The number of hydrogen-bond acceptors (Lipinski definition) is 19. The van der Waals surface area contributed by atoms with E-state index in [4.69, 9.17) is 39.1 Å². The molecular weight excluding hydrogens is 1270 g/mol. The number of carboxylic acids is 1. The van der Waals surface area contributed by atoms with Gasteiger partial charge in [-0.3, -0.25) is 38.5 Å². The SMILES string of the molecule is Cc1ccccc1Cc1nc(-c2cccc(C(F)F)n2)c(-c2ccc3ncc(OCCNC(=O)OCc4ccc(NC(=O)[C@H](CCCNC(N)=O)NC(=O)[C@@H](NC(=O)[C@H](CCC(=O)O)NC(=O)CCOCCOCCOCCOCCN5C(=O)C=CC5=O)C(C)C)cc4)nc3c2)[nH]1. The number of carbonyl (C=O) groups excluding carboxylic acids is 8. The molecule has 31 heteroatoms. The maximum Gasteiger partial charge on any atom is 0.407 e. The highest BCUT2D eigenvalue weighted by molar-refractivity contribution is 6.12. The number of aliphatic carboxylic acids is 1. The Balaban J connectivity index is 0.839. The van der Waals surface area contributed by atoms with Crippen molar-refractivity contribution in [3.05, 3.63) is 131 Å². The van der Waals surface area contributed by atoms with Crippen LogP contribution in [0.5, 0.6) is 5.88 Å². The molecule has 3 aromatic carbocycles. The standard InChI is InChI=1S/C66H79F2N13O16/c1-40(2)58(80-63(88)50(19-22-57(85)86)75-53(82)23-27-92-30-32-94-34-35-95-33-31-93-29-26-81-55(83)20-21-56(81)84)64(89)77-49(12-7-24-70-65(69)90)62(87)73-45-16-13-42(14-17-45)39-97-66(91)71-25-28-96-54-38-72-46-18-15-44(36-51(46)76-54)59-60(47-10-6-11-48(74-47)61(67)68)79-52(78-59)37-43-9-5-4-8-41(43)3/h4-6,8-11,13-18,20-21,36,38,40,49-50,58,61H,7,12,19,22-35,37,39H2,1-3H3,(H,71,91)(H,73,87)(H,75,82)(H,77,89)(H,78,79)(H,80,88)(H,85,86)(H3,69,70,90)/t49-,50-,58-/m0/s1. The summed E-state index contributed by atoms with van der Waals surface area (Å²) in [5.74, 6) is -4.73. The van der Waals surface area contributed by atoms with Crippen LogP contribution < -0.4 is 42.4 Å². The molecule has 518 valence electrons. The molecule has 3 atom stereocenters. The van der Waals surface area contributed by atoms with E-state index < -0.39 is 78.6 Å². The van der Waals surface area contributed by atoms with Gasteiger partial charge in [-0.05, 0) is 85.2 Å². The Kier molecular flexibility index (Phi) is 29.2. The first-order chi connectivity index (χ1) is 46.7. The number of carbonyl (C=O) groups is 9. The van der Waals surface area contributed by atoms with Crippen LogP contribution in [0.4, 0.5) is 24.1 Å². The largest absolute Gasteiger partial charge is 0.481 e. The summed E-state index contributed by atoms with van der Waals surface area (Å²) in [7, 11) is 0. The van der Waals surface area contributed by atoms with Gasteiger partial charge in [0.25, 0.3) is 18.2 Å². The second kappa shape index (κ2) is 38.2. The minimum Gasteiger partial charge on any atom is -0.481 e. The van der Waals surface area contributed by atoms with Gasteiger partial charge in [-0.1, -0.05) is 62.4 Å². The van der Waals surface area contributed by atoms with E-state index in [1.54, 1.807) is 56.3 Å². The van der Waals surface area contributed by atoms with E-state index in [1.807, 2.05) is 37.3 Å². The van der Waals surface area contributed by atoms with Crippen LogP contribution >= 0.6 is 0 Å². The second-order valence-corrected chi connectivity index (χ2v) is 22.3. The van der Waals surface area contributed by atoms with Crippen molar-refractivity contribution in [3.8, 4) is 28.5 Å². The molecule has 29 nitrogen and oxygen atoms in total. The van der Waals surface area contributed by atoms with E-state index in [0.29, 0.717) is 51.5 Å². The van der Waals surface area contributed by atoms with Crippen molar-refractivity contribution in [2.24, 2.45) is 11.7 Å². The predicted molar refractivity (Wildman–Crippen MR) is 346 cm³/mol. The number of nitrogens with zero attached hydrogens (tertiary/aromatic N) is 5. The van der Waals surface area contributed by atoms with Crippen molar-refractivity contribution in [3.63, 3.8) is 0 Å². The molecule has 1 aliphatic heterocycles. The van der Waals surface area contributed by atoms with Gasteiger partial charge in [-0.2, -0.15) is 0 Å². The highest BCUT2D eigenvalue weighted by Crippen LogP contribution is 2.33. The molecule has 0 unspecified atom stereocenters. The van der Waals surface area contributed by atoms with Crippen molar-refractivity contribution in [2.45, 2.75) is 90.5 Å². The number of nitrogens with one attached hydrogen (secondary N) is 7. The topological polar surface area (TPSA) is 398 Å². The average molecular weight is 1350 g/mol. The number of H-pyrrole nitrogens is 1. The number of fused-ring (bicyclic) bond motifs is 1. The first-order valence-corrected chi connectivity index (χ1v) is 31.3. The Labute approximate surface area is 556 Å². The van der Waals surface area contributed by atoms with Gasteiger partial charge in [-0.25, -0.2) is 38.3 Å². The molecule has 0 bridgehead atoms. The number of aromatic amines is 1. The average Bonchev–Trinajstić information content (AvgIpc) is 1.69. The van der Waals surface area contributed by atoms with Gasteiger partial charge in [0.1, 0.15) is 48.6 Å². The van der Waals surface area contributed by atoms with Gasteiger partial charge >= 0.3 is 18.1 Å². The molecule has 0 aliphatic carbocycles. The normalized spacial score (nSPS) is 12.9. The zero-order valence-corrected chi connectivity index (χ0v) is 53.8. The van der Waals surface area contributed by atoms with Crippen molar-refractivity contribution in [2.75, 3.05) is 84.4 Å². The summed E-state index contributed by atoms with van der Waals surface area (Å²) in [6, 6.07) is 19.2. The number of nitrogens with two attached hydrogens (primary N) is 1. The van der Waals surface area contributed by atoms with Crippen LogP contribution in [-0.4, -0.2) is 186 Å². The van der Waals surface area contributed by atoms with Gasteiger partial charge in [0.2, 0.25) is 29.5 Å². The number of aryl methyl sites for hydroxylation is 1. The number of anilines is 1. The lowest BCUT2D eigenvalue weighted by molar-refractivity contribution is -0.139. The van der Waals surface area contributed by atoms with Gasteiger partial charge in [-0.15, -0.1) is 0 Å². The summed E-state index contributed by atoms with van der Waals surface area (Å²) in [4.78, 5) is 136. The van der Waals surface area contributed by atoms with E-state index >= 15 is 0 Å².